The van der Waals surface area contributed by atoms with Gasteiger partial charge in [-0.1, -0.05) is 48.5 Å². The van der Waals surface area contributed by atoms with Crippen molar-refractivity contribution in [2.75, 3.05) is 26.2 Å². The third kappa shape index (κ3) is 6.08. The zero-order valence-corrected chi connectivity index (χ0v) is 15.1. The van der Waals surface area contributed by atoms with E-state index < -0.39 is 0 Å². The van der Waals surface area contributed by atoms with Crippen LogP contribution >= 0.6 is 0 Å². The first kappa shape index (κ1) is 18.3. The second-order valence-corrected chi connectivity index (χ2v) is 6.60. The molecule has 0 bridgehead atoms. The number of hydrogen-bond donors (Lipinski definition) is 2. The number of ether oxygens (including phenoxy) is 1. The van der Waals surface area contributed by atoms with E-state index in [1.807, 2.05) is 36.4 Å². The van der Waals surface area contributed by atoms with Crippen molar-refractivity contribution in [3.05, 3.63) is 66.2 Å². The molecule has 1 aliphatic heterocycles. The molecule has 2 N–H and O–H groups in total. The van der Waals surface area contributed by atoms with Crippen LogP contribution in [0.1, 0.15) is 18.4 Å². The fourth-order valence-corrected chi connectivity index (χ4v) is 3.16. The molecule has 1 heterocycles. The fraction of sp³-hybridized carbons (Fsp3) is 0.381. The fourth-order valence-electron chi connectivity index (χ4n) is 3.16. The first-order valence-corrected chi connectivity index (χ1v) is 9.28. The lowest BCUT2D eigenvalue weighted by Crippen LogP contribution is -2.48. The van der Waals surface area contributed by atoms with E-state index in [2.05, 4.69) is 39.8 Å². The van der Waals surface area contributed by atoms with Gasteiger partial charge in [0.2, 0.25) is 0 Å². The normalized spacial score (nSPS) is 15.4. The number of nitrogens with one attached hydrogen (secondary N) is 2. The lowest BCUT2D eigenvalue weighted by atomic mass is 10.0. The third-order valence-corrected chi connectivity index (χ3v) is 4.57. The summed E-state index contributed by atoms with van der Waals surface area (Å²) in [6, 6.07) is 20.3. The highest BCUT2D eigenvalue weighted by Crippen LogP contribution is 2.13. The largest absolute Gasteiger partial charge is 0.492 e. The summed E-state index contributed by atoms with van der Waals surface area (Å²) in [5.41, 5.74) is 1.34. The van der Waals surface area contributed by atoms with Gasteiger partial charge in [-0.05, 0) is 30.5 Å². The maximum Gasteiger partial charge on any atom is 0.315 e. The molecular formula is C21H27N3O2. The van der Waals surface area contributed by atoms with Crippen LogP contribution in [0.2, 0.25) is 0 Å². The minimum atomic E-state index is -0.108. The number of para-hydroxylation sites is 1. The number of likely N-dealkylation sites (tertiary alicyclic amines) is 1. The lowest BCUT2D eigenvalue weighted by molar-refractivity contribution is 0.186. The molecule has 0 saturated carbocycles. The van der Waals surface area contributed by atoms with Gasteiger partial charge in [-0.3, -0.25) is 4.90 Å². The predicted octanol–water partition coefficient (Wildman–Crippen LogP) is 3.03. The van der Waals surface area contributed by atoms with Crippen LogP contribution in [0.5, 0.6) is 5.75 Å². The van der Waals surface area contributed by atoms with Gasteiger partial charge in [0, 0.05) is 25.7 Å². The monoisotopic (exact) mass is 353 g/mol. The summed E-state index contributed by atoms with van der Waals surface area (Å²) >= 11 is 0. The predicted molar refractivity (Wildman–Crippen MR) is 103 cm³/mol. The molecule has 5 nitrogen and oxygen atoms in total. The van der Waals surface area contributed by atoms with Crippen molar-refractivity contribution in [3.8, 4) is 5.75 Å². The van der Waals surface area contributed by atoms with Crippen LogP contribution in [0, 0.1) is 0 Å². The summed E-state index contributed by atoms with van der Waals surface area (Å²) in [4.78, 5) is 14.4. The highest BCUT2D eigenvalue weighted by Gasteiger charge is 2.20. The van der Waals surface area contributed by atoms with Crippen LogP contribution in [0.25, 0.3) is 0 Å². The van der Waals surface area contributed by atoms with E-state index in [0.717, 1.165) is 38.2 Å². The Hall–Kier alpha value is -2.53. The first-order valence-electron chi connectivity index (χ1n) is 9.28. The highest BCUT2D eigenvalue weighted by atomic mass is 16.5. The summed E-state index contributed by atoms with van der Waals surface area (Å²) in [5, 5.41) is 5.93. The summed E-state index contributed by atoms with van der Waals surface area (Å²) < 4.78 is 5.57. The van der Waals surface area contributed by atoms with Crippen LogP contribution in [-0.4, -0.2) is 43.2 Å². The Morgan fingerprint density at radius 2 is 1.65 bits per heavy atom. The molecule has 26 heavy (non-hydrogen) atoms. The van der Waals surface area contributed by atoms with E-state index in [1.54, 1.807) is 0 Å². The second kappa shape index (κ2) is 9.82. The van der Waals surface area contributed by atoms with E-state index in [0.29, 0.717) is 13.2 Å². The third-order valence-electron chi connectivity index (χ3n) is 4.57. The van der Waals surface area contributed by atoms with Gasteiger partial charge >= 0.3 is 6.03 Å². The van der Waals surface area contributed by atoms with E-state index in [-0.39, 0.29) is 12.1 Å². The molecule has 1 fully saturated rings. The molecular weight excluding hydrogens is 326 g/mol. The topological polar surface area (TPSA) is 53.6 Å². The maximum absolute atomic E-state index is 12.0. The minimum absolute atomic E-state index is 0.108. The smallest absolute Gasteiger partial charge is 0.315 e. The lowest BCUT2D eigenvalue weighted by Gasteiger charge is -2.32. The van der Waals surface area contributed by atoms with Gasteiger partial charge in [0.15, 0.2) is 0 Å². The van der Waals surface area contributed by atoms with Crippen LogP contribution in [-0.2, 0) is 6.54 Å². The van der Waals surface area contributed by atoms with Crippen LogP contribution in [0.4, 0.5) is 4.79 Å². The molecule has 1 aliphatic rings. The SMILES string of the molecule is O=C(NCCOc1ccccc1)NC1CCN(Cc2ccccc2)CC1. The van der Waals surface area contributed by atoms with Gasteiger partial charge in [0.1, 0.15) is 12.4 Å². The summed E-state index contributed by atoms with van der Waals surface area (Å²) in [6.07, 6.45) is 1.97. The van der Waals surface area contributed by atoms with Gasteiger partial charge in [-0.25, -0.2) is 4.79 Å². The molecule has 0 unspecified atom stereocenters. The number of carbonyl (C=O) groups excluding carboxylic acids is 1. The Morgan fingerprint density at radius 1 is 1.00 bits per heavy atom. The molecule has 0 aliphatic carbocycles. The molecule has 2 aromatic rings. The van der Waals surface area contributed by atoms with Crippen molar-refractivity contribution in [1.29, 1.82) is 0 Å². The highest BCUT2D eigenvalue weighted by molar-refractivity contribution is 5.74. The zero-order chi connectivity index (χ0) is 18.0. The quantitative estimate of drug-likeness (QED) is 0.753. The van der Waals surface area contributed by atoms with Crippen molar-refractivity contribution >= 4 is 6.03 Å². The Balaban J connectivity index is 1.28. The molecule has 2 amide bonds. The van der Waals surface area contributed by atoms with E-state index in [4.69, 9.17) is 4.74 Å². The molecule has 2 aromatic carbocycles. The number of urea groups is 1. The van der Waals surface area contributed by atoms with Crippen molar-refractivity contribution in [3.63, 3.8) is 0 Å². The van der Waals surface area contributed by atoms with E-state index >= 15 is 0 Å². The van der Waals surface area contributed by atoms with Crippen LogP contribution in [0.3, 0.4) is 0 Å². The Bertz CT molecular complexity index is 655. The average molecular weight is 353 g/mol. The molecule has 0 radical (unpaired) electrons. The molecule has 0 spiro atoms. The van der Waals surface area contributed by atoms with E-state index in [9.17, 15) is 4.79 Å². The Labute approximate surface area is 155 Å². The molecule has 1 saturated heterocycles. The van der Waals surface area contributed by atoms with Crippen molar-refractivity contribution in [2.24, 2.45) is 0 Å². The second-order valence-electron chi connectivity index (χ2n) is 6.60. The van der Waals surface area contributed by atoms with Crippen molar-refractivity contribution < 1.29 is 9.53 Å². The Kier molecular flexibility index (Phi) is 6.90. The van der Waals surface area contributed by atoms with Gasteiger partial charge in [0.25, 0.3) is 0 Å². The number of carbonyl (C=O) groups is 1. The number of rotatable bonds is 7. The number of hydrogen-bond acceptors (Lipinski definition) is 3. The average Bonchev–Trinajstić information content (AvgIpc) is 2.68. The van der Waals surface area contributed by atoms with Gasteiger partial charge < -0.3 is 15.4 Å². The zero-order valence-electron chi connectivity index (χ0n) is 15.1. The molecule has 3 rings (SSSR count). The summed E-state index contributed by atoms with van der Waals surface area (Å²) in [6.45, 7) is 3.96. The number of benzene rings is 2. The molecule has 138 valence electrons. The Morgan fingerprint density at radius 3 is 2.35 bits per heavy atom. The molecule has 5 heteroatoms. The van der Waals surface area contributed by atoms with Crippen molar-refractivity contribution in [2.45, 2.75) is 25.4 Å². The van der Waals surface area contributed by atoms with Crippen LogP contribution < -0.4 is 15.4 Å². The number of piperidine rings is 1. The number of nitrogens with zero attached hydrogens (tertiary/aromatic N) is 1. The van der Waals surface area contributed by atoms with E-state index in [1.165, 1.54) is 5.56 Å². The first-order chi connectivity index (χ1) is 12.8. The summed E-state index contributed by atoms with van der Waals surface area (Å²) in [7, 11) is 0. The van der Waals surface area contributed by atoms with Gasteiger partial charge in [-0.2, -0.15) is 0 Å². The van der Waals surface area contributed by atoms with Gasteiger partial charge in [0.05, 0.1) is 6.54 Å². The number of amides is 2. The van der Waals surface area contributed by atoms with Crippen LogP contribution in [0.15, 0.2) is 60.7 Å². The molecule has 0 atom stereocenters. The standard InChI is InChI=1S/C21H27N3O2/c25-21(22-13-16-26-20-9-5-2-6-10-20)23-19-11-14-24(15-12-19)17-18-7-3-1-4-8-18/h1-10,19H,11-17H2,(H2,22,23,25). The maximum atomic E-state index is 12.0. The molecule has 0 aromatic heterocycles. The minimum Gasteiger partial charge on any atom is -0.492 e. The van der Waals surface area contributed by atoms with Gasteiger partial charge in [-0.15, -0.1) is 0 Å². The summed E-state index contributed by atoms with van der Waals surface area (Å²) in [5.74, 6) is 0.820. The van der Waals surface area contributed by atoms with Crippen molar-refractivity contribution in [1.82, 2.24) is 15.5 Å².